The van der Waals surface area contributed by atoms with E-state index < -0.39 is 0 Å². The molecule has 1 aromatic heterocycles. The van der Waals surface area contributed by atoms with Crippen molar-refractivity contribution in [1.29, 1.82) is 15.8 Å². The average Bonchev–Trinajstić information content (AvgIpc) is 2.27. The van der Waals surface area contributed by atoms with Gasteiger partial charge in [-0.3, -0.25) is 0 Å². The SMILES string of the molecule is CN(C)c1nc(N)c(C#N)c(C#N)c1C#N. The molecule has 1 rings (SSSR count). The van der Waals surface area contributed by atoms with E-state index in [0.717, 1.165) is 0 Å². The van der Waals surface area contributed by atoms with E-state index in [2.05, 4.69) is 4.98 Å². The van der Waals surface area contributed by atoms with E-state index in [1.807, 2.05) is 12.1 Å². The number of anilines is 2. The van der Waals surface area contributed by atoms with Crippen LogP contribution in [0.2, 0.25) is 0 Å². The van der Waals surface area contributed by atoms with Crippen molar-refractivity contribution in [3.05, 3.63) is 16.7 Å². The number of pyridine rings is 1. The molecule has 6 heteroatoms. The Labute approximate surface area is 92.8 Å². The first-order chi connectivity index (χ1) is 7.56. The van der Waals surface area contributed by atoms with E-state index in [-0.39, 0.29) is 28.3 Å². The molecular weight excluding hydrogens is 204 g/mol. The number of nitriles is 3. The van der Waals surface area contributed by atoms with Gasteiger partial charge in [0.1, 0.15) is 41.0 Å². The lowest BCUT2D eigenvalue weighted by molar-refractivity contribution is 1.06. The number of aromatic nitrogens is 1. The number of nitrogen functional groups attached to an aromatic ring is 1. The summed E-state index contributed by atoms with van der Waals surface area (Å²) >= 11 is 0. The molecule has 16 heavy (non-hydrogen) atoms. The zero-order valence-corrected chi connectivity index (χ0v) is 8.81. The topological polar surface area (TPSA) is 114 Å². The first-order valence-electron chi connectivity index (χ1n) is 4.27. The lowest BCUT2D eigenvalue weighted by Gasteiger charge is -2.15. The summed E-state index contributed by atoms with van der Waals surface area (Å²) in [5, 5.41) is 26.7. The van der Waals surface area contributed by atoms with E-state index in [4.69, 9.17) is 21.5 Å². The fraction of sp³-hybridized carbons (Fsp3) is 0.200. The largest absolute Gasteiger partial charge is 0.382 e. The molecule has 0 unspecified atom stereocenters. The van der Waals surface area contributed by atoms with Crippen molar-refractivity contribution in [2.45, 2.75) is 0 Å². The highest BCUT2D eigenvalue weighted by atomic mass is 15.1. The van der Waals surface area contributed by atoms with E-state index in [9.17, 15) is 0 Å². The van der Waals surface area contributed by atoms with Gasteiger partial charge in [-0.15, -0.1) is 0 Å². The highest BCUT2D eigenvalue weighted by Crippen LogP contribution is 2.25. The minimum atomic E-state index is -0.0512. The molecule has 0 aliphatic heterocycles. The first kappa shape index (κ1) is 11.3. The van der Waals surface area contributed by atoms with Gasteiger partial charge in [-0.25, -0.2) is 4.98 Å². The number of nitrogens with zero attached hydrogens (tertiary/aromatic N) is 5. The van der Waals surface area contributed by atoms with Crippen LogP contribution in [-0.2, 0) is 0 Å². The number of hydrogen-bond acceptors (Lipinski definition) is 6. The Kier molecular flexibility index (Phi) is 2.94. The van der Waals surface area contributed by atoms with Gasteiger partial charge in [0, 0.05) is 14.1 Å². The van der Waals surface area contributed by atoms with Crippen LogP contribution >= 0.6 is 0 Å². The predicted molar refractivity (Wildman–Crippen MR) is 57.1 cm³/mol. The molecule has 0 spiro atoms. The molecule has 2 N–H and O–H groups in total. The van der Waals surface area contributed by atoms with Crippen molar-refractivity contribution in [2.75, 3.05) is 24.7 Å². The molecular formula is C10H8N6. The van der Waals surface area contributed by atoms with Gasteiger partial charge in [0.05, 0.1) is 5.56 Å². The van der Waals surface area contributed by atoms with Gasteiger partial charge in [-0.05, 0) is 0 Å². The molecule has 0 bridgehead atoms. The zero-order chi connectivity index (χ0) is 12.3. The summed E-state index contributed by atoms with van der Waals surface area (Å²) in [5.41, 5.74) is 5.54. The molecule has 0 fully saturated rings. The Bertz CT molecular complexity index is 553. The van der Waals surface area contributed by atoms with Crippen LogP contribution in [0.15, 0.2) is 0 Å². The lowest BCUT2D eigenvalue weighted by Crippen LogP contribution is -2.15. The van der Waals surface area contributed by atoms with Crippen LogP contribution in [0.4, 0.5) is 11.6 Å². The maximum atomic E-state index is 8.97. The smallest absolute Gasteiger partial charge is 0.149 e. The molecule has 0 saturated heterocycles. The minimum Gasteiger partial charge on any atom is -0.382 e. The van der Waals surface area contributed by atoms with Crippen LogP contribution in [0.1, 0.15) is 16.7 Å². The Morgan fingerprint density at radius 1 is 1.00 bits per heavy atom. The predicted octanol–water partition coefficient (Wildman–Crippen LogP) is 0.345. The van der Waals surface area contributed by atoms with Gasteiger partial charge in [0.2, 0.25) is 0 Å². The Morgan fingerprint density at radius 3 is 1.88 bits per heavy atom. The number of rotatable bonds is 1. The molecule has 0 radical (unpaired) electrons. The Morgan fingerprint density at radius 2 is 1.50 bits per heavy atom. The molecule has 0 aromatic carbocycles. The fourth-order valence-electron chi connectivity index (χ4n) is 1.25. The fourth-order valence-corrected chi connectivity index (χ4v) is 1.25. The second-order valence-corrected chi connectivity index (χ2v) is 3.18. The summed E-state index contributed by atoms with van der Waals surface area (Å²) in [4.78, 5) is 5.50. The second-order valence-electron chi connectivity index (χ2n) is 3.18. The van der Waals surface area contributed by atoms with Gasteiger partial charge in [0.25, 0.3) is 0 Å². The molecule has 0 saturated carbocycles. The molecule has 0 aliphatic rings. The molecule has 6 nitrogen and oxygen atoms in total. The van der Waals surface area contributed by atoms with Crippen molar-refractivity contribution in [1.82, 2.24) is 4.98 Å². The van der Waals surface area contributed by atoms with Gasteiger partial charge in [0.15, 0.2) is 0 Å². The van der Waals surface area contributed by atoms with Gasteiger partial charge < -0.3 is 10.6 Å². The third kappa shape index (κ3) is 1.58. The quantitative estimate of drug-likeness (QED) is 0.718. The van der Waals surface area contributed by atoms with E-state index in [1.165, 1.54) is 0 Å². The summed E-state index contributed by atoms with van der Waals surface area (Å²) < 4.78 is 0. The van der Waals surface area contributed by atoms with Gasteiger partial charge >= 0.3 is 0 Å². The average molecular weight is 212 g/mol. The first-order valence-corrected chi connectivity index (χ1v) is 4.27. The van der Waals surface area contributed by atoms with Crippen LogP contribution in [-0.4, -0.2) is 19.1 Å². The van der Waals surface area contributed by atoms with Gasteiger partial charge in [-0.2, -0.15) is 15.8 Å². The van der Waals surface area contributed by atoms with Crippen LogP contribution in [0.3, 0.4) is 0 Å². The minimum absolute atomic E-state index is 0.0267. The lowest BCUT2D eigenvalue weighted by atomic mass is 10.0. The van der Waals surface area contributed by atoms with Crippen molar-refractivity contribution >= 4 is 11.6 Å². The summed E-state index contributed by atoms with van der Waals surface area (Å²) in [6, 6.07) is 5.45. The zero-order valence-electron chi connectivity index (χ0n) is 8.81. The van der Waals surface area contributed by atoms with E-state index in [1.54, 1.807) is 25.1 Å². The van der Waals surface area contributed by atoms with Crippen molar-refractivity contribution in [3.8, 4) is 18.2 Å². The summed E-state index contributed by atoms with van der Waals surface area (Å²) in [6.07, 6.45) is 0. The maximum absolute atomic E-state index is 8.97. The standard InChI is InChI=1S/C10H8N6/c1-16(2)10-8(5-13)6(3-11)7(4-12)9(14)15-10/h1-2H3,(H2,14,15). The molecule has 1 aromatic rings. The normalized spacial score (nSPS) is 8.69. The van der Waals surface area contributed by atoms with E-state index >= 15 is 0 Å². The monoisotopic (exact) mass is 212 g/mol. The van der Waals surface area contributed by atoms with Crippen molar-refractivity contribution in [3.63, 3.8) is 0 Å². The second kappa shape index (κ2) is 4.16. The maximum Gasteiger partial charge on any atom is 0.149 e. The van der Waals surface area contributed by atoms with Crippen LogP contribution in [0, 0.1) is 34.0 Å². The van der Waals surface area contributed by atoms with Gasteiger partial charge in [-0.1, -0.05) is 0 Å². The number of nitrogens with two attached hydrogens (primary N) is 1. The highest BCUT2D eigenvalue weighted by Gasteiger charge is 2.19. The van der Waals surface area contributed by atoms with Crippen LogP contribution in [0.5, 0.6) is 0 Å². The van der Waals surface area contributed by atoms with Crippen molar-refractivity contribution < 1.29 is 0 Å². The van der Waals surface area contributed by atoms with Crippen molar-refractivity contribution in [2.24, 2.45) is 0 Å². The highest BCUT2D eigenvalue weighted by molar-refractivity contribution is 5.71. The van der Waals surface area contributed by atoms with E-state index in [0.29, 0.717) is 0 Å². The molecule has 78 valence electrons. The summed E-state index contributed by atoms with van der Waals surface area (Å²) in [5.74, 6) is 0.248. The Hall–Kier alpha value is -2.78. The third-order valence-electron chi connectivity index (χ3n) is 1.97. The van der Waals surface area contributed by atoms with Crippen LogP contribution in [0.25, 0.3) is 0 Å². The molecule has 0 aliphatic carbocycles. The summed E-state index contributed by atoms with van der Waals surface area (Å²) in [6.45, 7) is 0. The third-order valence-corrected chi connectivity index (χ3v) is 1.97. The molecule has 0 atom stereocenters. The molecule has 1 heterocycles. The molecule has 0 amide bonds. The Balaban J connectivity index is 3.76. The number of hydrogen-bond donors (Lipinski definition) is 1. The summed E-state index contributed by atoms with van der Waals surface area (Å²) in [7, 11) is 3.35. The van der Waals surface area contributed by atoms with Crippen LogP contribution < -0.4 is 10.6 Å².